The van der Waals surface area contributed by atoms with Crippen molar-refractivity contribution in [2.75, 3.05) is 0 Å². The Morgan fingerprint density at radius 1 is 1.27 bits per heavy atom. The van der Waals surface area contributed by atoms with Crippen LogP contribution in [0.4, 0.5) is 0 Å². The molecule has 1 aromatic carbocycles. The van der Waals surface area contributed by atoms with Crippen molar-refractivity contribution < 1.29 is 5.11 Å². The lowest BCUT2D eigenvalue weighted by molar-refractivity contribution is 0.156. The molecule has 1 heterocycles. The van der Waals surface area contributed by atoms with Gasteiger partial charge in [-0.2, -0.15) is 0 Å². The largest absolute Gasteiger partial charge is 0.388 e. The van der Waals surface area contributed by atoms with Gasteiger partial charge in [-0.25, -0.2) is 0 Å². The molecule has 0 fully saturated rings. The summed E-state index contributed by atoms with van der Waals surface area (Å²) in [5, 5.41) is 11.3. The van der Waals surface area contributed by atoms with E-state index in [1.54, 1.807) is 11.3 Å². The number of aliphatic hydroxyl groups excluding tert-OH is 1. The summed E-state index contributed by atoms with van der Waals surface area (Å²) in [6.45, 7) is 2.27. The zero-order valence-electron chi connectivity index (χ0n) is 8.73. The molecule has 78 valence electrons. The molecule has 2 heteroatoms. The molecule has 3 rings (SSSR count). The molecule has 0 spiro atoms. The molecule has 0 radical (unpaired) electrons. The van der Waals surface area contributed by atoms with E-state index in [0.29, 0.717) is 5.92 Å². The number of hydrogen-bond acceptors (Lipinski definition) is 2. The zero-order valence-corrected chi connectivity index (χ0v) is 9.55. The summed E-state index contributed by atoms with van der Waals surface area (Å²) in [5.74, 6) is 0.597. The van der Waals surface area contributed by atoms with E-state index in [9.17, 15) is 5.11 Å². The Bertz CT molecular complexity index is 500. The minimum atomic E-state index is -0.228. The van der Waals surface area contributed by atoms with Crippen LogP contribution in [0.1, 0.15) is 42.2 Å². The van der Waals surface area contributed by atoms with E-state index in [4.69, 9.17) is 0 Å². The molecule has 0 saturated carbocycles. The fraction of sp³-hybridized carbons (Fsp3) is 0.385. The van der Waals surface area contributed by atoms with Crippen molar-refractivity contribution in [2.24, 2.45) is 0 Å². The second kappa shape index (κ2) is 3.32. The molecule has 0 saturated heterocycles. The van der Waals surface area contributed by atoms with Gasteiger partial charge in [0, 0.05) is 9.58 Å². The average molecular weight is 218 g/mol. The monoisotopic (exact) mass is 218 g/mol. The van der Waals surface area contributed by atoms with E-state index >= 15 is 0 Å². The third-order valence-corrected chi connectivity index (χ3v) is 4.62. The number of thiophene rings is 1. The van der Waals surface area contributed by atoms with Gasteiger partial charge in [-0.3, -0.25) is 0 Å². The van der Waals surface area contributed by atoms with Crippen LogP contribution in [0.2, 0.25) is 0 Å². The normalized spacial score (nSPS) is 25.5. The second-order valence-corrected chi connectivity index (χ2v) is 5.45. The molecule has 1 aliphatic carbocycles. The van der Waals surface area contributed by atoms with Crippen LogP contribution in [0.25, 0.3) is 10.1 Å². The van der Waals surface area contributed by atoms with E-state index in [1.165, 1.54) is 20.5 Å². The summed E-state index contributed by atoms with van der Waals surface area (Å²) >= 11 is 1.76. The summed E-state index contributed by atoms with van der Waals surface area (Å²) in [5.41, 5.74) is 1.40. The summed E-state index contributed by atoms with van der Waals surface area (Å²) in [4.78, 5) is 1.20. The van der Waals surface area contributed by atoms with Gasteiger partial charge in [-0.05, 0) is 35.8 Å². The fourth-order valence-electron chi connectivity index (χ4n) is 2.52. The van der Waals surface area contributed by atoms with Crippen molar-refractivity contribution in [1.29, 1.82) is 0 Å². The van der Waals surface area contributed by atoms with Crippen LogP contribution in [0.5, 0.6) is 0 Å². The molecule has 1 nitrogen and oxygen atoms in total. The Kier molecular flexibility index (Phi) is 2.08. The maximum Gasteiger partial charge on any atom is 0.0885 e. The number of benzene rings is 1. The summed E-state index contributed by atoms with van der Waals surface area (Å²) < 4.78 is 1.32. The maximum atomic E-state index is 9.99. The van der Waals surface area contributed by atoms with Gasteiger partial charge in [0.15, 0.2) is 0 Å². The highest BCUT2D eigenvalue weighted by molar-refractivity contribution is 7.19. The number of aliphatic hydroxyl groups is 1. The summed E-state index contributed by atoms with van der Waals surface area (Å²) in [6, 6.07) is 8.49. The Labute approximate surface area is 93.4 Å². The van der Waals surface area contributed by atoms with E-state index in [0.717, 1.165) is 12.8 Å². The highest BCUT2D eigenvalue weighted by atomic mass is 32.1. The van der Waals surface area contributed by atoms with Crippen molar-refractivity contribution in [2.45, 2.75) is 31.8 Å². The van der Waals surface area contributed by atoms with Crippen LogP contribution >= 0.6 is 11.3 Å². The minimum absolute atomic E-state index is 0.228. The van der Waals surface area contributed by atoms with Crippen molar-refractivity contribution in [3.63, 3.8) is 0 Å². The molecule has 2 atom stereocenters. The number of rotatable bonds is 0. The Morgan fingerprint density at radius 3 is 2.93 bits per heavy atom. The van der Waals surface area contributed by atoms with Crippen LogP contribution in [-0.2, 0) is 0 Å². The first kappa shape index (κ1) is 9.37. The maximum absolute atomic E-state index is 9.99. The first-order valence-electron chi connectivity index (χ1n) is 5.46. The lowest BCUT2D eigenvalue weighted by Gasteiger charge is -2.23. The molecule has 0 bridgehead atoms. The lowest BCUT2D eigenvalue weighted by Crippen LogP contribution is -2.09. The topological polar surface area (TPSA) is 20.2 Å². The van der Waals surface area contributed by atoms with E-state index in [-0.39, 0.29) is 6.10 Å². The predicted molar refractivity (Wildman–Crippen MR) is 64.4 cm³/mol. The van der Waals surface area contributed by atoms with Crippen LogP contribution in [-0.4, -0.2) is 5.11 Å². The molecular weight excluding hydrogens is 204 g/mol. The highest BCUT2D eigenvalue weighted by Gasteiger charge is 2.27. The Morgan fingerprint density at radius 2 is 2.07 bits per heavy atom. The average Bonchev–Trinajstić information content (AvgIpc) is 2.64. The highest BCUT2D eigenvalue weighted by Crippen LogP contribution is 2.45. The van der Waals surface area contributed by atoms with Crippen molar-refractivity contribution in [1.82, 2.24) is 0 Å². The Hall–Kier alpha value is -0.860. The van der Waals surface area contributed by atoms with Gasteiger partial charge in [0.2, 0.25) is 0 Å². The first-order chi connectivity index (χ1) is 7.27. The zero-order chi connectivity index (χ0) is 10.4. The van der Waals surface area contributed by atoms with Crippen molar-refractivity contribution in [3.05, 3.63) is 34.7 Å². The van der Waals surface area contributed by atoms with E-state index in [1.807, 2.05) is 0 Å². The smallest absolute Gasteiger partial charge is 0.0885 e. The van der Waals surface area contributed by atoms with Crippen LogP contribution in [0.3, 0.4) is 0 Å². The van der Waals surface area contributed by atoms with Crippen LogP contribution < -0.4 is 0 Å². The SMILES string of the molecule is CC1CC[C@H](O)c2sc3ccccc3c21. The number of fused-ring (bicyclic) bond motifs is 3. The van der Waals surface area contributed by atoms with Gasteiger partial charge < -0.3 is 5.11 Å². The molecule has 1 aliphatic rings. The molecule has 0 amide bonds. The van der Waals surface area contributed by atoms with Crippen LogP contribution in [0, 0.1) is 0 Å². The fourth-order valence-corrected chi connectivity index (χ4v) is 3.87. The molecule has 1 aromatic heterocycles. The Balaban J connectivity index is 2.34. The third-order valence-electron chi connectivity index (χ3n) is 3.33. The second-order valence-electron chi connectivity index (χ2n) is 4.37. The molecule has 2 aromatic rings. The van der Waals surface area contributed by atoms with Gasteiger partial charge >= 0.3 is 0 Å². The molecule has 1 N–H and O–H groups in total. The standard InChI is InChI=1S/C13H14OS/c1-8-6-7-10(14)13-12(8)9-4-2-3-5-11(9)15-13/h2-5,8,10,14H,6-7H2,1H3/t8?,10-/m0/s1. The van der Waals surface area contributed by atoms with E-state index < -0.39 is 0 Å². The van der Waals surface area contributed by atoms with Gasteiger partial charge in [0.1, 0.15) is 0 Å². The summed E-state index contributed by atoms with van der Waals surface area (Å²) in [7, 11) is 0. The van der Waals surface area contributed by atoms with E-state index in [2.05, 4.69) is 31.2 Å². The number of hydrogen-bond donors (Lipinski definition) is 1. The molecule has 0 aliphatic heterocycles. The van der Waals surface area contributed by atoms with Gasteiger partial charge in [-0.1, -0.05) is 25.1 Å². The van der Waals surface area contributed by atoms with Gasteiger partial charge in [0.25, 0.3) is 0 Å². The minimum Gasteiger partial charge on any atom is -0.388 e. The third kappa shape index (κ3) is 1.32. The van der Waals surface area contributed by atoms with Gasteiger partial charge in [-0.15, -0.1) is 11.3 Å². The van der Waals surface area contributed by atoms with Crippen molar-refractivity contribution in [3.8, 4) is 0 Å². The van der Waals surface area contributed by atoms with Crippen molar-refractivity contribution >= 4 is 21.4 Å². The molecule has 1 unspecified atom stereocenters. The summed E-state index contributed by atoms with van der Waals surface area (Å²) in [6.07, 6.45) is 1.80. The van der Waals surface area contributed by atoms with Gasteiger partial charge in [0.05, 0.1) is 6.10 Å². The lowest BCUT2D eigenvalue weighted by atomic mass is 9.86. The van der Waals surface area contributed by atoms with Crippen LogP contribution in [0.15, 0.2) is 24.3 Å². The molecule has 15 heavy (non-hydrogen) atoms. The quantitative estimate of drug-likeness (QED) is 0.712. The first-order valence-corrected chi connectivity index (χ1v) is 6.28. The predicted octanol–water partition coefficient (Wildman–Crippen LogP) is 3.83. The molecular formula is C13H14OS.